The van der Waals surface area contributed by atoms with Gasteiger partial charge in [-0.3, -0.25) is 9.59 Å². The number of nitriles is 1. The smallest absolute Gasteiger partial charge is 0.410 e. The quantitative estimate of drug-likeness (QED) is 0.349. The standard InChI is InChI=1S/C33H41N5O4/c1-32(2,3)42-31(41)38-16-13-24(14-17-38)30(40)37-21-33(4,5)26-9-7-23(8-10-26)29(39)35-15-12-22-6-11-28-27(18-22)25(19-34)20-36-28/h6-11,18,20,24,36H,12-17,21H2,1-5H3,(H,35,39)(H,37,40). The van der Waals surface area contributed by atoms with Gasteiger partial charge in [0.1, 0.15) is 11.7 Å². The maximum absolute atomic E-state index is 12.9. The number of rotatable bonds is 8. The van der Waals surface area contributed by atoms with Crippen LogP contribution in [0.25, 0.3) is 10.9 Å². The predicted molar refractivity (Wildman–Crippen MR) is 162 cm³/mol. The minimum absolute atomic E-state index is 0.00224. The minimum Gasteiger partial charge on any atom is -0.444 e. The molecule has 0 bridgehead atoms. The van der Waals surface area contributed by atoms with Gasteiger partial charge in [0.25, 0.3) is 5.91 Å². The SMILES string of the molecule is CC(C)(C)OC(=O)N1CCC(C(=O)NCC(C)(C)c2ccc(C(=O)NCCc3ccc4[nH]cc(C#N)c4c3)cc2)CC1. The van der Waals surface area contributed by atoms with Crippen LogP contribution in [0.1, 0.15) is 74.5 Å². The van der Waals surface area contributed by atoms with Crippen LogP contribution in [0.3, 0.4) is 0 Å². The van der Waals surface area contributed by atoms with E-state index in [0.29, 0.717) is 56.6 Å². The molecular weight excluding hydrogens is 530 g/mol. The number of ether oxygens (including phenoxy) is 1. The molecule has 9 nitrogen and oxygen atoms in total. The monoisotopic (exact) mass is 571 g/mol. The first-order chi connectivity index (χ1) is 19.9. The summed E-state index contributed by atoms with van der Waals surface area (Å²) in [6.07, 6.45) is 3.24. The highest BCUT2D eigenvalue weighted by atomic mass is 16.6. The van der Waals surface area contributed by atoms with Gasteiger partial charge in [-0.05, 0) is 75.4 Å². The van der Waals surface area contributed by atoms with Crippen molar-refractivity contribution in [3.63, 3.8) is 0 Å². The number of aromatic amines is 1. The second-order valence-electron chi connectivity index (χ2n) is 12.6. The molecule has 2 heterocycles. The van der Waals surface area contributed by atoms with E-state index in [1.54, 1.807) is 11.1 Å². The topological polar surface area (TPSA) is 127 Å². The molecule has 1 aliphatic rings. The molecule has 4 rings (SSSR count). The third-order valence-electron chi connectivity index (χ3n) is 7.72. The van der Waals surface area contributed by atoms with Crippen molar-refractivity contribution in [3.8, 4) is 6.07 Å². The van der Waals surface area contributed by atoms with Crippen molar-refractivity contribution >= 4 is 28.8 Å². The van der Waals surface area contributed by atoms with Gasteiger partial charge < -0.3 is 25.3 Å². The zero-order valence-corrected chi connectivity index (χ0v) is 25.2. The van der Waals surface area contributed by atoms with Crippen molar-refractivity contribution in [2.75, 3.05) is 26.2 Å². The fourth-order valence-electron chi connectivity index (χ4n) is 5.12. The molecular formula is C33H41N5O4. The summed E-state index contributed by atoms with van der Waals surface area (Å²) in [6.45, 7) is 11.6. The van der Waals surface area contributed by atoms with Gasteiger partial charge in [0.05, 0.1) is 5.56 Å². The molecule has 3 N–H and O–H groups in total. The highest BCUT2D eigenvalue weighted by molar-refractivity contribution is 5.94. The van der Waals surface area contributed by atoms with Crippen LogP contribution in [0.4, 0.5) is 4.79 Å². The fourth-order valence-corrected chi connectivity index (χ4v) is 5.12. The number of nitrogens with one attached hydrogen (secondary N) is 3. The Morgan fingerprint density at radius 1 is 1.02 bits per heavy atom. The van der Waals surface area contributed by atoms with Crippen LogP contribution in [-0.4, -0.2) is 59.6 Å². The molecule has 9 heteroatoms. The number of hydrogen-bond donors (Lipinski definition) is 3. The van der Waals surface area contributed by atoms with Crippen molar-refractivity contribution in [3.05, 3.63) is 70.9 Å². The third kappa shape index (κ3) is 7.69. The Bertz CT molecular complexity index is 1470. The lowest BCUT2D eigenvalue weighted by Crippen LogP contribution is -2.46. The maximum atomic E-state index is 12.9. The first-order valence-corrected chi connectivity index (χ1v) is 14.5. The Morgan fingerprint density at radius 3 is 2.36 bits per heavy atom. The van der Waals surface area contributed by atoms with Crippen molar-refractivity contribution in [1.82, 2.24) is 20.5 Å². The number of fused-ring (bicyclic) bond motifs is 1. The largest absolute Gasteiger partial charge is 0.444 e. The molecule has 222 valence electrons. The van der Waals surface area contributed by atoms with Crippen LogP contribution in [0.2, 0.25) is 0 Å². The van der Waals surface area contributed by atoms with Crippen molar-refractivity contribution in [2.24, 2.45) is 5.92 Å². The Morgan fingerprint density at radius 2 is 1.71 bits per heavy atom. The molecule has 1 aliphatic heterocycles. The Balaban J connectivity index is 1.23. The number of H-pyrrole nitrogens is 1. The number of benzene rings is 2. The Labute approximate surface area is 247 Å². The summed E-state index contributed by atoms with van der Waals surface area (Å²) in [5.41, 5.74) is 3.30. The van der Waals surface area contributed by atoms with E-state index in [1.807, 2.05) is 63.2 Å². The second kappa shape index (κ2) is 12.7. The number of likely N-dealkylation sites (tertiary alicyclic amines) is 1. The summed E-state index contributed by atoms with van der Waals surface area (Å²) < 4.78 is 5.44. The van der Waals surface area contributed by atoms with E-state index in [9.17, 15) is 19.6 Å². The molecule has 1 aromatic heterocycles. The normalized spacial score (nSPS) is 14.3. The Hall–Kier alpha value is -4.32. The van der Waals surface area contributed by atoms with Gasteiger partial charge in [-0.15, -0.1) is 0 Å². The molecule has 0 saturated carbocycles. The summed E-state index contributed by atoms with van der Waals surface area (Å²) >= 11 is 0. The zero-order chi connectivity index (χ0) is 30.5. The second-order valence-corrected chi connectivity index (χ2v) is 12.6. The number of nitrogens with zero attached hydrogens (tertiary/aromatic N) is 2. The Kier molecular flexibility index (Phi) is 9.25. The lowest BCUT2D eigenvalue weighted by atomic mass is 9.84. The average molecular weight is 572 g/mol. The van der Waals surface area contributed by atoms with Gasteiger partial charge in [-0.1, -0.05) is 32.0 Å². The molecule has 0 radical (unpaired) electrons. The first kappa shape index (κ1) is 30.6. The van der Waals surface area contributed by atoms with E-state index in [0.717, 1.165) is 22.0 Å². The van der Waals surface area contributed by atoms with Gasteiger partial charge in [-0.2, -0.15) is 5.26 Å². The van der Waals surface area contributed by atoms with Crippen LogP contribution in [-0.2, 0) is 21.4 Å². The molecule has 0 unspecified atom stereocenters. The van der Waals surface area contributed by atoms with Crippen molar-refractivity contribution in [1.29, 1.82) is 5.26 Å². The van der Waals surface area contributed by atoms with E-state index in [1.165, 1.54) is 0 Å². The molecule has 3 amide bonds. The molecule has 0 atom stereocenters. The third-order valence-corrected chi connectivity index (χ3v) is 7.72. The van der Waals surface area contributed by atoms with Crippen LogP contribution in [0.5, 0.6) is 0 Å². The molecule has 1 fully saturated rings. The zero-order valence-electron chi connectivity index (χ0n) is 25.2. The lowest BCUT2D eigenvalue weighted by molar-refractivity contribution is -0.126. The number of amides is 3. The van der Waals surface area contributed by atoms with Gasteiger partial charge in [0.15, 0.2) is 0 Å². The molecule has 2 aromatic carbocycles. The average Bonchev–Trinajstić information content (AvgIpc) is 3.37. The summed E-state index contributed by atoms with van der Waals surface area (Å²) in [5.74, 6) is -0.280. The van der Waals surface area contributed by atoms with Crippen molar-refractivity contribution < 1.29 is 19.1 Å². The van der Waals surface area contributed by atoms with Crippen LogP contribution >= 0.6 is 0 Å². The van der Waals surface area contributed by atoms with Gasteiger partial charge in [-0.25, -0.2) is 4.79 Å². The number of hydrogen-bond acceptors (Lipinski definition) is 5. The molecule has 42 heavy (non-hydrogen) atoms. The summed E-state index contributed by atoms with van der Waals surface area (Å²) in [6, 6.07) is 15.6. The van der Waals surface area contributed by atoms with Gasteiger partial charge in [0, 0.05) is 60.2 Å². The highest BCUT2D eigenvalue weighted by Gasteiger charge is 2.31. The number of piperidine rings is 1. The molecule has 0 aliphatic carbocycles. The van der Waals surface area contributed by atoms with E-state index in [4.69, 9.17) is 4.74 Å². The van der Waals surface area contributed by atoms with Crippen LogP contribution in [0.15, 0.2) is 48.7 Å². The van der Waals surface area contributed by atoms with Crippen LogP contribution < -0.4 is 10.6 Å². The fraction of sp³-hybridized carbons (Fsp3) is 0.455. The first-order valence-electron chi connectivity index (χ1n) is 14.5. The number of aromatic nitrogens is 1. The van der Waals surface area contributed by atoms with E-state index < -0.39 is 5.60 Å². The summed E-state index contributed by atoms with van der Waals surface area (Å²) in [5, 5.41) is 16.2. The van der Waals surface area contributed by atoms with E-state index in [-0.39, 0.29) is 29.2 Å². The van der Waals surface area contributed by atoms with E-state index in [2.05, 4.69) is 35.5 Å². The maximum Gasteiger partial charge on any atom is 0.410 e. The summed E-state index contributed by atoms with van der Waals surface area (Å²) in [7, 11) is 0. The van der Waals surface area contributed by atoms with Crippen molar-refractivity contribution in [2.45, 2.75) is 64.9 Å². The lowest BCUT2D eigenvalue weighted by Gasteiger charge is -2.33. The van der Waals surface area contributed by atoms with Gasteiger partial charge in [0.2, 0.25) is 5.91 Å². The molecule has 3 aromatic rings. The van der Waals surface area contributed by atoms with Gasteiger partial charge >= 0.3 is 6.09 Å². The molecule has 1 saturated heterocycles. The molecule has 0 spiro atoms. The summed E-state index contributed by atoms with van der Waals surface area (Å²) in [4.78, 5) is 42.7. The van der Waals surface area contributed by atoms with E-state index >= 15 is 0 Å². The van der Waals surface area contributed by atoms with Crippen LogP contribution in [0, 0.1) is 17.2 Å². The number of carbonyl (C=O) groups is 3. The minimum atomic E-state index is -0.539. The predicted octanol–water partition coefficient (Wildman–Crippen LogP) is 5.05. The highest BCUT2D eigenvalue weighted by Crippen LogP contribution is 2.25. The number of carbonyl (C=O) groups excluding carboxylic acids is 3.